The highest BCUT2D eigenvalue weighted by Gasteiger charge is 2.09. The van der Waals surface area contributed by atoms with Gasteiger partial charge in [0.15, 0.2) is 0 Å². The monoisotopic (exact) mass is 309 g/mol. The lowest BCUT2D eigenvalue weighted by Crippen LogP contribution is -2.19. The molecule has 0 radical (unpaired) electrons. The zero-order chi connectivity index (χ0) is 9.84. The number of hydrogen-bond donors (Lipinski definition) is 1. The maximum absolute atomic E-state index is 11.3. The Morgan fingerprint density at radius 3 is 2.69 bits per heavy atom. The number of hydrogen-bond acceptors (Lipinski definition) is 1. The van der Waals surface area contributed by atoms with Crippen LogP contribution in [0.15, 0.2) is 24.3 Å². The van der Waals surface area contributed by atoms with Gasteiger partial charge in [-0.15, -0.1) is 0 Å². The molecule has 70 valence electrons. The van der Waals surface area contributed by atoms with E-state index in [1.54, 1.807) is 12.1 Å². The minimum atomic E-state index is -0.0612. The predicted octanol–water partition coefficient (Wildman–Crippen LogP) is 3.10. The predicted molar refractivity (Wildman–Crippen MR) is 63.6 cm³/mol. The van der Waals surface area contributed by atoms with Crippen LogP contribution in [-0.2, 0) is 4.79 Å². The minimum Gasteiger partial charge on any atom is -0.324 e. The number of halogens is 2. The second-order valence-corrected chi connectivity index (χ2v) is 4.86. The van der Waals surface area contributed by atoms with Crippen molar-refractivity contribution in [1.82, 2.24) is 0 Å². The molecule has 1 amide bonds. The van der Waals surface area contributed by atoms with Crippen molar-refractivity contribution in [1.29, 1.82) is 0 Å². The van der Waals surface area contributed by atoms with Crippen molar-refractivity contribution < 1.29 is 4.79 Å². The smallest absolute Gasteiger partial charge is 0.237 e. The molecule has 0 saturated carbocycles. The van der Waals surface area contributed by atoms with Crippen LogP contribution in [0.2, 0.25) is 5.02 Å². The van der Waals surface area contributed by atoms with E-state index < -0.39 is 0 Å². The molecule has 0 aliphatic heterocycles. The van der Waals surface area contributed by atoms with E-state index in [0.29, 0.717) is 10.7 Å². The number of alkyl halides is 1. The lowest BCUT2D eigenvalue weighted by atomic mass is 10.3. The van der Waals surface area contributed by atoms with E-state index in [4.69, 9.17) is 11.6 Å². The summed E-state index contributed by atoms with van der Waals surface area (Å²) in [7, 11) is 0. The van der Waals surface area contributed by atoms with Gasteiger partial charge in [0.25, 0.3) is 0 Å². The number of para-hydroxylation sites is 1. The molecule has 0 unspecified atom stereocenters. The molecule has 2 nitrogen and oxygen atoms in total. The highest BCUT2D eigenvalue weighted by Crippen LogP contribution is 2.20. The van der Waals surface area contributed by atoms with Crippen LogP contribution in [0.4, 0.5) is 5.69 Å². The third kappa shape index (κ3) is 3.15. The molecule has 0 aliphatic rings. The van der Waals surface area contributed by atoms with Gasteiger partial charge in [-0.1, -0.05) is 46.3 Å². The summed E-state index contributed by atoms with van der Waals surface area (Å²) < 4.78 is -0.0612. The van der Waals surface area contributed by atoms with Crippen LogP contribution >= 0.6 is 34.2 Å². The van der Waals surface area contributed by atoms with Crippen molar-refractivity contribution in [2.45, 2.75) is 10.8 Å². The Kier molecular flexibility index (Phi) is 3.99. The molecule has 0 aromatic heterocycles. The lowest BCUT2D eigenvalue weighted by molar-refractivity contribution is -0.115. The summed E-state index contributed by atoms with van der Waals surface area (Å²) in [6.07, 6.45) is 0. The van der Waals surface area contributed by atoms with E-state index in [1.165, 1.54) is 0 Å². The highest BCUT2D eigenvalue weighted by atomic mass is 127. The quantitative estimate of drug-likeness (QED) is 0.660. The Hall–Kier alpha value is -0.290. The van der Waals surface area contributed by atoms with Gasteiger partial charge in [-0.25, -0.2) is 0 Å². The summed E-state index contributed by atoms with van der Waals surface area (Å²) in [6.45, 7) is 1.83. The first-order valence-corrected chi connectivity index (χ1v) is 5.43. The molecule has 0 saturated heterocycles. The Balaban J connectivity index is 2.75. The normalized spacial score (nSPS) is 12.2. The van der Waals surface area contributed by atoms with Gasteiger partial charge in [-0.2, -0.15) is 0 Å². The van der Waals surface area contributed by atoms with E-state index in [2.05, 4.69) is 27.9 Å². The third-order valence-corrected chi connectivity index (χ3v) is 2.39. The van der Waals surface area contributed by atoms with Crippen molar-refractivity contribution in [3.8, 4) is 0 Å². The van der Waals surface area contributed by atoms with Gasteiger partial charge in [-0.05, 0) is 19.1 Å². The molecule has 0 heterocycles. The third-order valence-electron chi connectivity index (χ3n) is 1.49. The second-order valence-electron chi connectivity index (χ2n) is 2.59. The number of nitrogens with one attached hydrogen (secondary N) is 1. The maximum Gasteiger partial charge on any atom is 0.237 e. The fourth-order valence-electron chi connectivity index (χ4n) is 0.795. The van der Waals surface area contributed by atoms with Crippen LogP contribution in [0.25, 0.3) is 0 Å². The average molecular weight is 310 g/mol. The number of carbonyl (C=O) groups is 1. The number of anilines is 1. The second kappa shape index (κ2) is 4.81. The molecule has 4 heteroatoms. The topological polar surface area (TPSA) is 29.1 Å². The molecule has 0 fully saturated rings. The largest absolute Gasteiger partial charge is 0.324 e. The van der Waals surface area contributed by atoms with Gasteiger partial charge >= 0.3 is 0 Å². The van der Waals surface area contributed by atoms with Gasteiger partial charge in [-0.3, -0.25) is 4.79 Å². The Morgan fingerprint density at radius 1 is 1.54 bits per heavy atom. The van der Waals surface area contributed by atoms with Gasteiger partial charge < -0.3 is 5.32 Å². The molecule has 0 aliphatic carbocycles. The van der Waals surface area contributed by atoms with Crippen LogP contribution in [0.3, 0.4) is 0 Å². The van der Waals surface area contributed by atoms with Crippen molar-refractivity contribution in [3.05, 3.63) is 29.3 Å². The molecule has 1 aromatic carbocycles. The van der Waals surface area contributed by atoms with E-state index >= 15 is 0 Å². The molecular formula is C9H9ClINO. The van der Waals surface area contributed by atoms with Gasteiger partial charge in [0.2, 0.25) is 5.91 Å². The van der Waals surface area contributed by atoms with Crippen LogP contribution in [-0.4, -0.2) is 9.83 Å². The fourth-order valence-corrected chi connectivity index (χ4v) is 1.13. The number of carbonyl (C=O) groups excluding carboxylic acids is 1. The molecule has 0 spiro atoms. The van der Waals surface area contributed by atoms with Crippen molar-refractivity contribution >= 4 is 45.8 Å². The summed E-state index contributed by atoms with van der Waals surface area (Å²) in [4.78, 5) is 11.3. The zero-order valence-corrected chi connectivity index (χ0v) is 9.96. The molecule has 1 N–H and O–H groups in total. The van der Waals surface area contributed by atoms with Gasteiger partial charge in [0.05, 0.1) is 14.6 Å². The first-order chi connectivity index (χ1) is 6.11. The fraction of sp³-hybridized carbons (Fsp3) is 0.222. The maximum atomic E-state index is 11.3. The summed E-state index contributed by atoms with van der Waals surface area (Å²) in [6, 6.07) is 7.18. The Morgan fingerprint density at radius 2 is 2.15 bits per heavy atom. The minimum absolute atomic E-state index is 0.0336. The molecule has 1 rings (SSSR count). The van der Waals surface area contributed by atoms with E-state index in [-0.39, 0.29) is 9.83 Å². The van der Waals surface area contributed by atoms with Crippen LogP contribution < -0.4 is 5.32 Å². The van der Waals surface area contributed by atoms with Crippen molar-refractivity contribution in [2.24, 2.45) is 0 Å². The van der Waals surface area contributed by atoms with Crippen LogP contribution in [0, 0.1) is 0 Å². The summed E-state index contributed by atoms with van der Waals surface area (Å²) >= 11 is 7.91. The molecule has 13 heavy (non-hydrogen) atoms. The molecule has 1 aromatic rings. The number of rotatable bonds is 2. The Bertz CT molecular complexity index is 314. The van der Waals surface area contributed by atoms with E-state index in [0.717, 1.165) is 0 Å². The molecule has 1 atom stereocenters. The standard InChI is InChI=1S/C9H9ClINO/c1-6(11)9(13)12-8-5-3-2-4-7(8)10/h2-6H,1H3,(H,12,13)/t6-/m0/s1. The average Bonchev–Trinajstić information content (AvgIpc) is 2.08. The van der Waals surface area contributed by atoms with E-state index in [1.807, 2.05) is 19.1 Å². The summed E-state index contributed by atoms with van der Waals surface area (Å²) in [5.74, 6) is -0.0336. The van der Waals surface area contributed by atoms with Crippen molar-refractivity contribution in [3.63, 3.8) is 0 Å². The summed E-state index contributed by atoms with van der Waals surface area (Å²) in [5, 5.41) is 3.29. The lowest BCUT2D eigenvalue weighted by Gasteiger charge is -2.07. The first-order valence-electron chi connectivity index (χ1n) is 3.80. The molecule has 0 bridgehead atoms. The Labute approximate surface area is 95.8 Å². The van der Waals surface area contributed by atoms with Crippen LogP contribution in [0.5, 0.6) is 0 Å². The molecular weight excluding hydrogens is 300 g/mol. The SMILES string of the molecule is C[C@H](I)C(=O)Nc1ccccc1Cl. The van der Waals surface area contributed by atoms with Crippen molar-refractivity contribution in [2.75, 3.05) is 5.32 Å². The van der Waals surface area contributed by atoms with Gasteiger partial charge in [0.1, 0.15) is 0 Å². The zero-order valence-electron chi connectivity index (χ0n) is 7.05. The highest BCUT2D eigenvalue weighted by molar-refractivity contribution is 14.1. The van der Waals surface area contributed by atoms with Gasteiger partial charge in [0, 0.05) is 0 Å². The number of amides is 1. The summed E-state index contributed by atoms with van der Waals surface area (Å²) in [5.41, 5.74) is 0.665. The van der Waals surface area contributed by atoms with E-state index in [9.17, 15) is 4.79 Å². The number of benzene rings is 1. The van der Waals surface area contributed by atoms with Crippen LogP contribution in [0.1, 0.15) is 6.92 Å². The first kappa shape index (κ1) is 10.8.